The largest absolute Gasteiger partial charge is 0.208 e. The molecule has 11 aromatic rings. The first-order chi connectivity index (χ1) is 29.7. The van der Waals surface area contributed by atoms with Crippen LogP contribution in [0.2, 0.25) is 0 Å². The zero-order chi connectivity index (χ0) is 40.0. The van der Waals surface area contributed by atoms with Crippen molar-refractivity contribution in [3.63, 3.8) is 0 Å². The zero-order valence-electron chi connectivity index (χ0n) is 32.4. The molecule has 0 fully saturated rings. The maximum absolute atomic E-state index is 9.41. The Morgan fingerprint density at radius 1 is 0.267 bits per heavy atom. The monoisotopic (exact) mass is 762 g/mol. The maximum Gasteiger partial charge on any atom is 0.164 e. The van der Waals surface area contributed by atoms with Gasteiger partial charge in [0.25, 0.3) is 0 Å². The molecule has 0 N–H and O–H groups in total. The number of hydrogen-bond acceptors (Lipinski definition) is 4. The number of aromatic nitrogens is 3. The fourth-order valence-electron chi connectivity index (χ4n) is 8.69. The van der Waals surface area contributed by atoms with Crippen LogP contribution in [0.4, 0.5) is 0 Å². The van der Waals surface area contributed by atoms with Gasteiger partial charge >= 0.3 is 0 Å². The fourth-order valence-corrected chi connectivity index (χ4v) is 8.69. The van der Waals surface area contributed by atoms with Crippen LogP contribution in [0.5, 0.6) is 0 Å². The molecule has 0 bridgehead atoms. The predicted molar refractivity (Wildman–Crippen MR) is 247 cm³/mol. The van der Waals surface area contributed by atoms with E-state index >= 15 is 0 Å². The topological polar surface area (TPSA) is 62.5 Å². The van der Waals surface area contributed by atoms with Crippen LogP contribution in [0, 0.1) is 11.3 Å². The number of fused-ring (bicyclic) bond motifs is 6. The van der Waals surface area contributed by atoms with E-state index in [1.54, 1.807) is 0 Å². The minimum Gasteiger partial charge on any atom is -0.208 e. The van der Waals surface area contributed by atoms with E-state index in [9.17, 15) is 5.26 Å². The zero-order valence-corrected chi connectivity index (χ0v) is 32.4. The van der Waals surface area contributed by atoms with Crippen LogP contribution >= 0.6 is 0 Å². The van der Waals surface area contributed by atoms with E-state index in [-0.39, 0.29) is 0 Å². The molecule has 4 heteroatoms. The number of hydrogen-bond donors (Lipinski definition) is 0. The van der Waals surface area contributed by atoms with Crippen molar-refractivity contribution in [2.75, 3.05) is 0 Å². The molecule has 0 aliphatic heterocycles. The van der Waals surface area contributed by atoms with Gasteiger partial charge in [0.05, 0.1) is 11.6 Å². The second-order valence-corrected chi connectivity index (χ2v) is 15.0. The third-order valence-corrected chi connectivity index (χ3v) is 11.6. The molecule has 0 spiro atoms. The van der Waals surface area contributed by atoms with Crippen LogP contribution in [0.25, 0.3) is 111 Å². The van der Waals surface area contributed by atoms with Gasteiger partial charge in [0.1, 0.15) is 0 Å². The first kappa shape index (κ1) is 34.9. The molecular formula is C56H34N4. The lowest BCUT2D eigenvalue weighted by molar-refractivity contribution is 1.07. The third-order valence-electron chi connectivity index (χ3n) is 11.6. The molecular weight excluding hydrogens is 729 g/mol. The highest BCUT2D eigenvalue weighted by Crippen LogP contribution is 2.44. The summed E-state index contributed by atoms with van der Waals surface area (Å²) in [6.45, 7) is 0. The van der Waals surface area contributed by atoms with Gasteiger partial charge in [-0.1, -0.05) is 176 Å². The van der Waals surface area contributed by atoms with Crippen LogP contribution < -0.4 is 0 Å². The minimum atomic E-state index is 0.627. The maximum atomic E-state index is 9.41. The molecule has 0 aliphatic carbocycles. The van der Waals surface area contributed by atoms with Gasteiger partial charge < -0.3 is 0 Å². The lowest BCUT2D eigenvalue weighted by Crippen LogP contribution is -2.00. The van der Waals surface area contributed by atoms with E-state index in [2.05, 4.69) is 127 Å². The highest BCUT2D eigenvalue weighted by Gasteiger charge is 2.18. The molecule has 11 rings (SSSR count). The summed E-state index contributed by atoms with van der Waals surface area (Å²) in [6, 6.07) is 74.3. The molecule has 4 nitrogen and oxygen atoms in total. The molecule has 0 unspecified atom stereocenters. The minimum absolute atomic E-state index is 0.627. The Bertz CT molecular complexity index is 3420. The molecule has 0 saturated heterocycles. The van der Waals surface area contributed by atoms with E-state index in [1.807, 2.05) is 84.9 Å². The smallest absolute Gasteiger partial charge is 0.164 e. The molecule has 60 heavy (non-hydrogen) atoms. The van der Waals surface area contributed by atoms with Crippen LogP contribution in [-0.4, -0.2) is 15.0 Å². The summed E-state index contributed by atoms with van der Waals surface area (Å²) >= 11 is 0. The van der Waals surface area contributed by atoms with Gasteiger partial charge in [-0.05, 0) is 107 Å². The molecule has 10 aromatic carbocycles. The van der Waals surface area contributed by atoms with E-state index < -0.39 is 0 Å². The SMILES string of the molecule is N#Cc1ccc(-c2ccc(-c3cc4c5ccccc5c(-c5cccc(-c6nc(-c7ccccc7)nc(-c7ccccc7)n6)c5)cc4c4ccccc34)c3ccccc23)cc1. The van der Waals surface area contributed by atoms with Gasteiger partial charge in [-0.3, -0.25) is 0 Å². The molecule has 1 aromatic heterocycles. The van der Waals surface area contributed by atoms with Crippen LogP contribution in [0.3, 0.4) is 0 Å². The molecule has 0 atom stereocenters. The van der Waals surface area contributed by atoms with E-state index in [0.717, 1.165) is 38.9 Å². The summed E-state index contributed by atoms with van der Waals surface area (Å²) in [4.78, 5) is 15.0. The van der Waals surface area contributed by atoms with Crippen LogP contribution in [-0.2, 0) is 0 Å². The van der Waals surface area contributed by atoms with Crippen molar-refractivity contribution >= 4 is 43.1 Å². The van der Waals surface area contributed by atoms with Crippen molar-refractivity contribution in [3.8, 4) is 73.6 Å². The summed E-state index contributed by atoms with van der Waals surface area (Å²) in [5, 5.41) is 18.9. The van der Waals surface area contributed by atoms with Gasteiger partial charge in [0.15, 0.2) is 17.5 Å². The number of nitrogens with zero attached hydrogens (tertiary/aromatic N) is 4. The van der Waals surface area contributed by atoms with E-state index in [0.29, 0.717) is 23.0 Å². The summed E-state index contributed by atoms with van der Waals surface area (Å²) < 4.78 is 0. The molecule has 0 amide bonds. The molecule has 0 aliphatic rings. The average Bonchev–Trinajstić information content (AvgIpc) is 3.33. The normalized spacial score (nSPS) is 11.3. The van der Waals surface area contributed by atoms with Crippen molar-refractivity contribution in [1.29, 1.82) is 5.26 Å². The average molecular weight is 763 g/mol. The second-order valence-electron chi connectivity index (χ2n) is 15.0. The van der Waals surface area contributed by atoms with Gasteiger partial charge in [0.2, 0.25) is 0 Å². The Hall–Kier alpha value is -8.26. The Morgan fingerprint density at radius 2 is 0.683 bits per heavy atom. The summed E-state index contributed by atoms with van der Waals surface area (Å²) in [5.74, 6) is 1.90. The van der Waals surface area contributed by atoms with Gasteiger partial charge in [-0.15, -0.1) is 0 Å². The van der Waals surface area contributed by atoms with Crippen molar-refractivity contribution in [3.05, 3.63) is 212 Å². The number of benzene rings is 10. The van der Waals surface area contributed by atoms with Crippen molar-refractivity contribution in [1.82, 2.24) is 15.0 Å². The van der Waals surface area contributed by atoms with Gasteiger partial charge in [-0.25, -0.2) is 15.0 Å². The van der Waals surface area contributed by atoms with Crippen LogP contribution in [0.1, 0.15) is 5.56 Å². The molecule has 278 valence electrons. The first-order valence-corrected chi connectivity index (χ1v) is 20.1. The quantitative estimate of drug-likeness (QED) is 0.158. The number of nitriles is 1. The lowest BCUT2D eigenvalue weighted by atomic mass is 9.85. The molecule has 1 heterocycles. The Morgan fingerprint density at radius 3 is 1.25 bits per heavy atom. The Balaban J connectivity index is 1.10. The second kappa shape index (κ2) is 14.6. The van der Waals surface area contributed by atoms with Crippen LogP contribution in [0.15, 0.2) is 206 Å². The Labute approximate surface area is 347 Å². The fraction of sp³-hybridized carbons (Fsp3) is 0. The van der Waals surface area contributed by atoms with Gasteiger partial charge in [0, 0.05) is 16.7 Å². The molecule has 0 radical (unpaired) electrons. The summed E-state index contributed by atoms with van der Waals surface area (Å²) in [6.07, 6.45) is 0. The van der Waals surface area contributed by atoms with E-state index in [4.69, 9.17) is 15.0 Å². The summed E-state index contributed by atoms with van der Waals surface area (Å²) in [5.41, 5.74) is 10.3. The Kier molecular flexibility index (Phi) is 8.50. The highest BCUT2D eigenvalue weighted by atomic mass is 15.0. The lowest BCUT2D eigenvalue weighted by Gasteiger charge is -2.18. The third kappa shape index (κ3) is 6.05. The predicted octanol–water partition coefficient (Wildman–Crippen LogP) is 14.4. The van der Waals surface area contributed by atoms with Crippen molar-refractivity contribution in [2.24, 2.45) is 0 Å². The van der Waals surface area contributed by atoms with Crippen molar-refractivity contribution in [2.45, 2.75) is 0 Å². The molecule has 0 saturated carbocycles. The van der Waals surface area contributed by atoms with E-state index in [1.165, 1.54) is 54.2 Å². The van der Waals surface area contributed by atoms with Gasteiger partial charge in [-0.2, -0.15) is 5.26 Å². The standard InChI is InChI=1S/C56H34N4/c57-35-36-26-28-37(29-27-36)42-30-31-49(44-21-8-7-20-43(42)44)51-34-53-46-23-10-9-22-45(46)50(33-52(53)48-25-12-11-24-47(48)51)40-18-13-19-41(32-40)56-59-54(38-14-3-1-4-15-38)58-55(60-56)39-16-5-2-6-17-39/h1-34H. The van der Waals surface area contributed by atoms with Crippen molar-refractivity contribution < 1.29 is 0 Å². The highest BCUT2D eigenvalue weighted by molar-refractivity contribution is 6.25. The summed E-state index contributed by atoms with van der Waals surface area (Å²) in [7, 11) is 0. The first-order valence-electron chi connectivity index (χ1n) is 20.1. The number of rotatable bonds is 6.